The summed E-state index contributed by atoms with van der Waals surface area (Å²) in [6.07, 6.45) is 0.495. The summed E-state index contributed by atoms with van der Waals surface area (Å²) in [5.41, 5.74) is 4.95. The van der Waals surface area contributed by atoms with Crippen molar-refractivity contribution in [3.05, 3.63) is 0 Å². The van der Waals surface area contributed by atoms with Crippen molar-refractivity contribution in [1.82, 2.24) is 0 Å². The largest absolute Gasteiger partial charge is 0.387 e. The topological polar surface area (TPSA) is 66.9 Å². The number of carbonyl (C=O) groups is 1. The van der Waals surface area contributed by atoms with Gasteiger partial charge >= 0.3 is 0 Å². The van der Waals surface area contributed by atoms with Crippen molar-refractivity contribution in [3.8, 4) is 0 Å². The number of halogens is 1. The van der Waals surface area contributed by atoms with Crippen LogP contribution in [0.4, 0.5) is 0 Å². The maximum absolute atomic E-state index is 10.1. The fraction of sp³-hybridized carbons (Fsp3) is 0.500. The molecule has 0 saturated heterocycles. The van der Waals surface area contributed by atoms with Crippen molar-refractivity contribution >= 4 is 24.0 Å². The van der Waals surface area contributed by atoms with Crippen LogP contribution in [0.3, 0.4) is 0 Å². The lowest BCUT2D eigenvalue weighted by molar-refractivity contribution is -0.110. The number of Topliss-reactive ketones (excluding diaryl/α,β-unsaturated/α-hetero) is 1. The summed E-state index contributed by atoms with van der Waals surface area (Å²) in [6.45, 7) is 0. The normalized spacial score (nSPS) is 24.0. The molecule has 3 N–H and O–H groups in total. The molecule has 0 aliphatic heterocycles. The van der Waals surface area contributed by atoms with E-state index in [-0.39, 0.29) is 29.9 Å². The van der Waals surface area contributed by atoms with Gasteiger partial charge < -0.3 is 5.73 Å². The molecule has 3 nitrogen and oxygen atoms in total. The molecule has 0 aromatic rings. The zero-order valence-corrected chi connectivity index (χ0v) is 4.99. The molecular weight excluding hydrogens is 128 g/mol. The fourth-order valence-electron chi connectivity index (χ4n) is 0.426. The molecule has 0 aromatic carbocycles. The molecule has 0 amide bonds. The van der Waals surface area contributed by atoms with Gasteiger partial charge in [0.2, 0.25) is 0 Å². The van der Waals surface area contributed by atoms with E-state index < -0.39 is 0 Å². The fourth-order valence-corrected chi connectivity index (χ4v) is 0.426. The zero-order chi connectivity index (χ0) is 5.44. The highest BCUT2D eigenvalue weighted by atomic mass is 35.5. The molecule has 1 unspecified atom stereocenters. The maximum atomic E-state index is 10.1. The highest BCUT2D eigenvalue weighted by Gasteiger charge is 2.37. The Morgan fingerprint density at radius 1 is 1.88 bits per heavy atom. The van der Waals surface area contributed by atoms with E-state index in [9.17, 15) is 4.79 Å². The molecule has 4 heteroatoms. The quantitative estimate of drug-likeness (QED) is 0.390. The Hall–Kier alpha value is -0.570. The third-order valence-corrected chi connectivity index (χ3v) is 1.01. The second-order valence-electron chi connectivity index (χ2n) is 1.68. The first kappa shape index (κ1) is 7.43. The number of nitrogens with one attached hydrogen (secondary N) is 1. The summed E-state index contributed by atoms with van der Waals surface area (Å²) in [6, 6.07) is 0. The minimum Gasteiger partial charge on any atom is -0.387 e. The van der Waals surface area contributed by atoms with Gasteiger partial charge in [0.1, 0.15) is 11.6 Å². The summed E-state index contributed by atoms with van der Waals surface area (Å²) in [4.78, 5) is 10.1. The van der Waals surface area contributed by atoms with Gasteiger partial charge in [0.25, 0.3) is 0 Å². The van der Waals surface area contributed by atoms with Gasteiger partial charge in [-0.2, -0.15) is 0 Å². The molecule has 46 valence electrons. The molecule has 1 saturated carbocycles. The van der Waals surface area contributed by atoms with E-state index in [0.717, 1.165) is 0 Å². The van der Waals surface area contributed by atoms with Gasteiger partial charge in [0.05, 0.1) is 5.92 Å². The van der Waals surface area contributed by atoms with Gasteiger partial charge in [0.15, 0.2) is 0 Å². The van der Waals surface area contributed by atoms with Gasteiger partial charge in [-0.3, -0.25) is 10.2 Å². The van der Waals surface area contributed by atoms with Crippen LogP contribution in [0.2, 0.25) is 0 Å². The van der Waals surface area contributed by atoms with Gasteiger partial charge in [0, 0.05) is 6.42 Å². The lowest BCUT2D eigenvalue weighted by atomic mass is 10.4. The lowest BCUT2D eigenvalue weighted by Crippen LogP contribution is -2.12. The Labute approximate surface area is 53.2 Å². The summed E-state index contributed by atoms with van der Waals surface area (Å²) >= 11 is 0. The lowest BCUT2D eigenvalue weighted by Gasteiger charge is -1.80. The van der Waals surface area contributed by atoms with Crippen LogP contribution in [-0.4, -0.2) is 11.6 Å². The van der Waals surface area contributed by atoms with E-state index >= 15 is 0 Å². The van der Waals surface area contributed by atoms with E-state index in [4.69, 9.17) is 11.1 Å². The second-order valence-corrected chi connectivity index (χ2v) is 1.68. The number of hydrogen-bond donors (Lipinski definition) is 2. The number of ketones is 1. The molecule has 1 fully saturated rings. The summed E-state index contributed by atoms with van der Waals surface area (Å²) in [7, 11) is 0. The Bertz CT molecular complexity index is 134. The van der Waals surface area contributed by atoms with Crippen LogP contribution in [0.25, 0.3) is 0 Å². The van der Waals surface area contributed by atoms with Crippen molar-refractivity contribution in [2.45, 2.75) is 6.42 Å². The number of hydrogen-bond acceptors (Lipinski definition) is 2. The molecule has 0 bridgehead atoms. The molecule has 0 spiro atoms. The SMILES string of the molecule is Cl.N=C(N)C1CC1=O. The molecular formula is C4H7ClN2O. The monoisotopic (exact) mass is 134 g/mol. The van der Waals surface area contributed by atoms with Gasteiger partial charge in [-0.15, -0.1) is 12.4 Å². The Morgan fingerprint density at radius 2 is 2.25 bits per heavy atom. The minimum absolute atomic E-state index is 0. The van der Waals surface area contributed by atoms with Crippen molar-refractivity contribution in [3.63, 3.8) is 0 Å². The van der Waals surface area contributed by atoms with Crippen LogP contribution in [0.5, 0.6) is 0 Å². The summed E-state index contributed by atoms with van der Waals surface area (Å²) in [5.74, 6) is -0.0856. The first-order chi connectivity index (χ1) is 3.22. The van der Waals surface area contributed by atoms with Gasteiger partial charge in [-0.05, 0) is 0 Å². The van der Waals surface area contributed by atoms with E-state index in [1.807, 2.05) is 0 Å². The molecule has 1 atom stereocenters. The standard InChI is InChI=1S/C4H6N2O.ClH/c5-4(6)2-1-3(2)7;/h2H,1H2,(H3,5,6);1H. The van der Waals surface area contributed by atoms with Crippen LogP contribution in [0.15, 0.2) is 0 Å². The minimum atomic E-state index is -0.208. The van der Waals surface area contributed by atoms with Crippen LogP contribution < -0.4 is 5.73 Å². The van der Waals surface area contributed by atoms with Crippen molar-refractivity contribution in [2.75, 3.05) is 0 Å². The maximum Gasteiger partial charge on any atom is 0.145 e. The van der Waals surface area contributed by atoms with Crippen molar-refractivity contribution < 1.29 is 4.79 Å². The molecule has 1 aliphatic carbocycles. The van der Waals surface area contributed by atoms with Gasteiger partial charge in [-0.25, -0.2) is 0 Å². The van der Waals surface area contributed by atoms with Crippen LogP contribution in [0.1, 0.15) is 6.42 Å². The second kappa shape index (κ2) is 2.13. The highest BCUT2D eigenvalue weighted by molar-refractivity contribution is 6.14. The molecule has 0 heterocycles. The zero-order valence-electron chi connectivity index (χ0n) is 4.18. The first-order valence-corrected chi connectivity index (χ1v) is 2.08. The average molecular weight is 135 g/mol. The molecule has 0 radical (unpaired) electrons. The average Bonchev–Trinajstić information content (AvgIpc) is 2.17. The van der Waals surface area contributed by atoms with Crippen molar-refractivity contribution in [1.29, 1.82) is 5.41 Å². The van der Waals surface area contributed by atoms with Crippen LogP contribution in [-0.2, 0) is 4.79 Å². The Balaban J connectivity index is 0.000000490. The number of nitrogens with two attached hydrogens (primary N) is 1. The molecule has 1 rings (SSSR count). The first-order valence-electron chi connectivity index (χ1n) is 2.08. The molecule has 1 aliphatic rings. The predicted octanol–water partition coefficient (Wildman–Crippen LogP) is -0.0668. The summed E-state index contributed by atoms with van der Waals surface area (Å²) < 4.78 is 0. The molecule has 0 aromatic heterocycles. The van der Waals surface area contributed by atoms with E-state index in [1.165, 1.54) is 0 Å². The van der Waals surface area contributed by atoms with E-state index in [1.54, 1.807) is 0 Å². The summed E-state index contributed by atoms with van der Waals surface area (Å²) in [5, 5.41) is 6.70. The number of rotatable bonds is 1. The molecule has 8 heavy (non-hydrogen) atoms. The van der Waals surface area contributed by atoms with E-state index in [2.05, 4.69) is 0 Å². The van der Waals surface area contributed by atoms with Crippen LogP contribution >= 0.6 is 12.4 Å². The van der Waals surface area contributed by atoms with E-state index in [0.29, 0.717) is 6.42 Å². The highest BCUT2D eigenvalue weighted by Crippen LogP contribution is 2.22. The third-order valence-electron chi connectivity index (χ3n) is 1.01. The predicted molar refractivity (Wildman–Crippen MR) is 32.3 cm³/mol. The van der Waals surface area contributed by atoms with Crippen molar-refractivity contribution in [2.24, 2.45) is 11.7 Å². The smallest absolute Gasteiger partial charge is 0.145 e. The third kappa shape index (κ3) is 1.20. The van der Waals surface area contributed by atoms with Gasteiger partial charge in [-0.1, -0.05) is 0 Å². The number of carbonyl (C=O) groups excluding carboxylic acids is 1. The number of amidine groups is 1. The Morgan fingerprint density at radius 3 is 2.25 bits per heavy atom. The Kier molecular flexibility index (Phi) is 1.98. The van der Waals surface area contributed by atoms with Crippen LogP contribution in [0, 0.1) is 11.3 Å².